The maximum absolute atomic E-state index is 10.1. The molecule has 0 aliphatic carbocycles. The maximum Gasteiger partial charge on any atom is 0.308 e. The third kappa shape index (κ3) is 2.23. The van der Waals surface area contributed by atoms with E-state index in [2.05, 4.69) is 0 Å². The Kier molecular flexibility index (Phi) is 2.87. The van der Waals surface area contributed by atoms with E-state index in [0.29, 0.717) is 6.29 Å². The summed E-state index contributed by atoms with van der Waals surface area (Å²) in [6, 6.07) is -0.887. The van der Waals surface area contributed by atoms with E-state index in [9.17, 15) is 9.59 Å². The summed E-state index contributed by atoms with van der Waals surface area (Å²) >= 11 is 0. The van der Waals surface area contributed by atoms with E-state index in [1.807, 2.05) is 0 Å². The zero-order chi connectivity index (χ0) is 7.44. The molecular formula is C5H9NO3. The second-order valence-corrected chi connectivity index (χ2v) is 1.84. The van der Waals surface area contributed by atoms with Crippen molar-refractivity contribution in [2.24, 2.45) is 11.7 Å². The highest BCUT2D eigenvalue weighted by atomic mass is 16.4. The lowest BCUT2D eigenvalue weighted by Crippen LogP contribution is -2.34. The van der Waals surface area contributed by atoms with Gasteiger partial charge in [-0.15, -0.1) is 0 Å². The molecule has 0 saturated carbocycles. The molecule has 0 bridgehead atoms. The van der Waals surface area contributed by atoms with E-state index in [1.165, 1.54) is 6.92 Å². The lowest BCUT2D eigenvalue weighted by Gasteiger charge is -2.06. The number of hydrogen-bond acceptors (Lipinski definition) is 3. The van der Waals surface area contributed by atoms with Crippen molar-refractivity contribution in [2.75, 3.05) is 0 Å². The molecule has 0 rings (SSSR count). The molecule has 0 radical (unpaired) electrons. The number of carbonyl (C=O) groups is 2. The molecule has 3 N–H and O–H groups in total. The minimum Gasteiger partial charge on any atom is -0.481 e. The smallest absolute Gasteiger partial charge is 0.308 e. The van der Waals surface area contributed by atoms with Crippen molar-refractivity contribution in [1.82, 2.24) is 0 Å². The number of hydrogen-bond donors (Lipinski definition) is 2. The van der Waals surface area contributed by atoms with Crippen molar-refractivity contribution < 1.29 is 14.7 Å². The molecule has 4 heteroatoms. The summed E-state index contributed by atoms with van der Waals surface area (Å²) in [5, 5.41) is 8.24. The number of carboxylic acid groups (broad SMARTS) is 1. The fraction of sp³-hybridized carbons (Fsp3) is 0.600. The number of aliphatic carboxylic acids is 1. The van der Waals surface area contributed by atoms with E-state index in [1.54, 1.807) is 0 Å². The van der Waals surface area contributed by atoms with Crippen molar-refractivity contribution in [3.63, 3.8) is 0 Å². The first-order valence-electron chi connectivity index (χ1n) is 2.53. The molecule has 0 aromatic carbocycles. The summed E-state index contributed by atoms with van der Waals surface area (Å²) in [5.41, 5.74) is 5.07. The molecule has 52 valence electrons. The number of carbonyl (C=O) groups excluding carboxylic acids is 1. The molecule has 0 aliphatic rings. The minimum absolute atomic E-state index is 0.429. The first-order valence-corrected chi connectivity index (χ1v) is 2.53. The summed E-state index contributed by atoms with van der Waals surface area (Å²) in [6.07, 6.45) is 0.429. The summed E-state index contributed by atoms with van der Waals surface area (Å²) in [6.45, 7) is 1.39. The van der Waals surface area contributed by atoms with Gasteiger partial charge in [0.15, 0.2) is 0 Å². The van der Waals surface area contributed by atoms with Crippen LogP contribution >= 0.6 is 0 Å². The first kappa shape index (κ1) is 8.10. The average molecular weight is 131 g/mol. The highest BCUT2D eigenvalue weighted by molar-refractivity contribution is 5.76. The third-order valence-corrected chi connectivity index (χ3v) is 1.12. The Labute approximate surface area is 52.7 Å². The quantitative estimate of drug-likeness (QED) is 0.493. The Morgan fingerprint density at radius 3 is 2.33 bits per heavy atom. The molecule has 0 heterocycles. The molecule has 0 spiro atoms. The number of rotatable bonds is 3. The summed E-state index contributed by atoms with van der Waals surface area (Å²) in [7, 11) is 0. The monoisotopic (exact) mass is 131 g/mol. The molecule has 0 aromatic rings. The van der Waals surface area contributed by atoms with Crippen LogP contribution in [0.5, 0.6) is 0 Å². The van der Waals surface area contributed by atoms with Crippen molar-refractivity contribution >= 4 is 12.3 Å². The molecule has 0 saturated heterocycles. The Balaban J connectivity index is 3.86. The Bertz CT molecular complexity index is 123. The number of carboxylic acids is 1. The van der Waals surface area contributed by atoms with Crippen LogP contribution in [0.4, 0.5) is 0 Å². The topological polar surface area (TPSA) is 80.4 Å². The molecule has 2 atom stereocenters. The van der Waals surface area contributed by atoms with Gasteiger partial charge in [0.1, 0.15) is 6.29 Å². The van der Waals surface area contributed by atoms with Crippen LogP contribution in [0.1, 0.15) is 6.92 Å². The van der Waals surface area contributed by atoms with Crippen molar-refractivity contribution in [2.45, 2.75) is 13.0 Å². The molecule has 0 fully saturated rings. The average Bonchev–Trinajstić information content (AvgIpc) is 1.84. The van der Waals surface area contributed by atoms with Crippen molar-refractivity contribution in [3.8, 4) is 0 Å². The summed E-state index contributed by atoms with van der Waals surface area (Å²) in [5.74, 6) is -1.84. The van der Waals surface area contributed by atoms with Crippen molar-refractivity contribution in [3.05, 3.63) is 0 Å². The maximum atomic E-state index is 10.1. The zero-order valence-electron chi connectivity index (χ0n) is 5.07. The van der Waals surface area contributed by atoms with E-state index in [4.69, 9.17) is 10.8 Å². The van der Waals surface area contributed by atoms with E-state index in [-0.39, 0.29) is 0 Å². The second kappa shape index (κ2) is 3.19. The van der Waals surface area contributed by atoms with Gasteiger partial charge in [0.25, 0.3) is 0 Å². The summed E-state index contributed by atoms with van der Waals surface area (Å²) < 4.78 is 0. The zero-order valence-corrected chi connectivity index (χ0v) is 5.07. The van der Waals surface area contributed by atoms with Gasteiger partial charge in [0.2, 0.25) is 0 Å². The normalized spacial score (nSPS) is 16.2. The highest BCUT2D eigenvalue weighted by Crippen LogP contribution is 1.96. The standard InChI is InChI=1S/C5H9NO3/c1-3(5(8)9)4(6)2-7/h2-4H,6H2,1H3,(H,8,9). The van der Waals surface area contributed by atoms with Gasteiger partial charge in [-0.05, 0) is 6.92 Å². The Morgan fingerprint density at radius 2 is 2.22 bits per heavy atom. The van der Waals surface area contributed by atoms with E-state index < -0.39 is 17.9 Å². The lowest BCUT2D eigenvalue weighted by atomic mass is 10.1. The Morgan fingerprint density at radius 1 is 1.78 bits per heavy atom. The molecule has 0 aliphatic heterocycles. The van der Waals surface area contributed by atoms with Gasteiger partial charge < -0.3 is 15.6 Å². The van der Waals surface area contributed by atoms with Gasteiger partial charge in [0.05, 0.1) is 12.0 Å². The minimum atomic E-state index is -1.05. The molecule has 4 nitrogen and oxygen atoms in total. The largest absolute Gasteiger partial charge is 0.481 e. The molecule has 9 heavy (non-hydrogen) atoms. The summed E-state index contributed by atoms with van der Waals surface area (Å²) in [4.78, 5) is 19.9. The molecule has 0 aromatic heterocycles. The molecule has 2 unspecified atom stereocenters. The van der Waals surface area contributed by atoms with Gasteiger partial charge in [-0.1, -0.05) is 0 Å². The van der Waals surface area contributed by atoms with E-state index >= 15 is 0 Å². The molecular weight excluding hydrogens is 122 g/mol. The van der Waals surface area contributed by atoms with Gasteiger partial charge in [0, 0.05) is 0 Å². The van der Waals surface area contributed by atoms with Crippen LogP contribution in [0.3, 0.4) is 0 Å². The van der Waals surface area contributed by atoms with Gasteiger partial charge >= 0.3 is 5.97 Å². The van der Waals surface area contributed by atoms with E-state index in [0.717, 1.165) is 0 Å². The van der Waals surface area contributed by atoms with Crippen molar-refractivity contribution in [1.29, 1.82) is 0 Å². The Hall–Kier alpha value is -0.900. The van der Waals surface area contributed by atoms with Crippen LogP contribution in [-0.4, -0.2) is 23.4 Å². The predicted molar refractivity (Wildman–Crippen MR) is 30.8 cm³/mol. The van der Waals surface area contributed by atoms with Gasteiger partial charge in [-0.25, -0.2) is 0 Å². The third-order valence-electron chi connectivity index (χ3n) is 1.12. The fourth-order valence-corrected chi connectivity index (χ4v) is 0.282. The molecule has 0 amide bonds. The lowest BCUT2D eigenvalue weighted by molar-refractivity contribution is -0.142. The van der Waals surface area contributed by atoms with Crippen LogP contribution in [0.15, 0.2) is 0 Å². The van der Waals surface area contributed by atoms with Crippen LogP contribution in [0, 0.1) is 5.92 Å². The fourth-order valence-electron chi connectivity index (χ4n) is 0.282. The van der Waals surface area contributed by atoms with Crippen LogP contribution in [-0.2, 0) is 9.59 Å². The highest BCUT2D eigenvalue weighted by Gasteiger charge is 2.18. The van der Waals surface area contributed by atoms with Gasteiger partial charge in [-0.3, -0.25) is 4.79 Å². The number of aldehydes is 1. The SMILES string of the molecule is CC(C(=O)O)C(N)C=O. The van der Waals surface area contributed by atoms with Crippen LogP contribution in [0.25, 0.3) is 0 Å². The predicted octanol–water partition coefficient (Wildman–Crippen LogP) is -0.767. The van der Waals surface area contributed by atoms with Crippen LogP contribution in [0.2, 0.25) is 0 Å². The van der Waals surface area contributed by atoms with Gasteiger partial charge in [-0.2, -0.15) is 0 Å². The second-order valence-electron chi connectivity index (χ2n) is 1.84. The first-order chi connectivity index (χ1) is 4.09. The number of nitrogens with two attached hydrogens (primary N) is 1. The van der Waals surface area contributed by atoms with Crippen LogP contribution < -0.4 is 5.73 Å².